The van der Waals surface area contributed by atoms with E-state index in [9.17, 15) is 0 Å². The number of hydrogen-bond donors (Lipinski definition) is 0. The van der Waals surface area contributed by atoms with Crippen LogP contribution in [0.1, 0.15) is 68.7 Å². The molecule has 4 nitrogen and oxygen atoms in total. The van der Waals surface area contributed by atoms with Gasteiger partial charge in [0.2, 0.25) is 15.7 Å². The van der Waals surface area contributed by atoms with Crippen molar-refractivity contribution in [3.63, 3.8) is 0 Å². The molecule has 0 saturated carbocycles. The molecular formula is C31H35NO3Si. The van der Waals surface area contributed by atoms with Gasteiger partial charge in [0.05, 0.1) is 5.69 Å². The zero-order valence-electron chi connectivity index (χ0n) is 22.0. The summed E-state index contributed by atoms with van der Waals surface area (Å²) in [5.41, 5.74) is 2.53. The molecule has 2 radical (unpaired) electrons. The summed E-state index contributed by atoms with van der Waals surface area (Å²) in [6.45, 7) is 12.8. The Bertz CT molecular complexity index is 1150. The van der Waals surface area contributed by atoms with Gasteiger partial charge < -0.3 is 13.6 Å². The lowest BCUT2D eigenvalue weighted by Crippen LogP contribution is -2.32. The van der Waals surface area contributed by atoms with Crippen molar-refractivity contribution in [2.24, 2.45) is 0 Å². The number of aryl methyl sites for hydroxylation is 1. The molecule has 0 saturated heterocycles. The van der Waals surface area contributed by atoms with Crippen molar-refractivity contribution in [1.29, 1.82) is 0 Å². The molecule has 4 rings (SSSR count). The van der Waals surface area contributed by atoms with Crippen LogP contribution in [-0.4, -0.2) is 14.7 Å². The van der Waals surface area contributed by atoms with Crippen LogP contribution in [0, 0.1) is 6.92 Å². The van der Waals surface area contributed by atoms with Gasteiger partial charge in [-0.1, -0.05) is 112 Å². The number of nitrogens with zero attached hydrogens (tertiary/aromatic N) is 1. The largest absolute Gasteiger partial charge is 0.440 e. The first-order valence-corrected chi connectivity index (χ1v) is 13.3. The Morgan fingerprint density at radius 2 is 1.17 bits per heavy atom. The van der Waals surface area contributed by atoms with Gasteiger partial charge in [0.15, 0.2) is 5.76 Å². The van der Waals surface area contributed by atoms with Crippen LogP contribution < -0.4 is 0 Å². The van der Waals surface area contributed by atoms with Crippen molar-refractivity contribution in [3.05, 3.63) is 125 Å². The SMILES string of the molecule is Cc1nc(COC(c2ccccc2)(c2ccccc2)c2ccccc2)oc1C(C)(C)O[Si]C(C)(C)C. The van der Waals surface area contributed by atoms with E-state index in [1.165, 1.54) is 0 Å². The molecule has 0 amide bonds. The first-order valence-electron chi connectivity index (χ1n) is 12.3. The molecule has 0 N–H and O–H groups in total. The zero-order valence-corrected chi connectivity index (χ0v) is 23.0. The number of aromatic nitrogens is 1. The van der Waals surface area contributed by atoms with Gasteiger partial charge in [0.25, 0.3) is 0 Å². The Hall–Kier alpha value is -2.99. The number of hydrogen-bond acceptors (Lipinski definition) is 4. The summed E-state index contributed by atoms with van der Waals surface area (Å²) >= 11 is 0. The topological polar surface area (TPSA) is 44.5 Å². The van der Waals surface area contributed by atoms with Crippen LogP contribution in [0.5, 0.6) is 0 Å². The van der Waals surface area contributed by atoms with Gasteiger partial charge in [-0.25, -0.2) is 4.98 Å². The summed E-state index contributed by atoms with van der Waals surface area (Å²) < 4.78 is 19.4. The van der Waals surface area contributed by atoms with Crippen LogP contribution in [0.2, 0.25) is 5.04 Å². The van der Waals surface area contributed by atoms with E-state index in [0.717, 1.165) is 28.1 Å². The fourth-order valence-electron chi connectivity index (χ4n) is 4.34. The van der Waals surface area contributed by atoms with E-state index < -0.39 is 11.2 Å². The molecule has 0 fully saturated rings. The molecule has 1 heterocycles. The minimum absolute atomic E-state index is 0.0811. The van der Waals surface area contributed by atoms with Crippen molar-refractivity contribution < 1.29 is 13.6 Å². The molecule has 186 valence electrons. The lowest BCUT2D eigenvalue weighted by Gasteiger charge is -2.35. The fraction of sp³-hybridized carbons (Fsp3) is 0.323. The third-order valence-electron chi connectivity index (χ3n) is 5.95. The summed E-state index contributed by atoms with van der Waals surface area (Å²) in [5.74, 6) is 1.27. The highest BCUT2D eigenvalue weighted by molar-refractivity contribution is 6.31. The van der Waals surface area contributed by atoms with Crippen molar-refractivity contribution in [2.45, 2.75) is 64.4 Å². The first-order chi connectivity index (χ1) is 17.1. The second kappa shape index (κ2) is 10.6. The Labute approximate surface area is 217 Å². The maximum Gasteiger partial charge on any atom is 0.237 e. The molecule has 0 aliphatic rings. The third-order valence-corrected chi connectivity index (χ3v) is 7.18. The van der Waals surface area contributed by atoms with Gasteiger partial charge in [0, 0.05) is 0 Å². The molecule has 36 heavy (non-hydrogen) atoms. The minimum atomic E-state index is -0.827. The van der Waals surface area contributed by atoms with E-state index in [1.54, 1.807) is 0 Å². The molecule has 0 spiro atoms. The standard InChI is InChI=1S/C31H35NO3Si/c1-23-28(30(5,6)35-36-29(2,3)4)34-27(32-23)22-33-31(24-16-10-7-11-17-24,25-18-12-8-13-19-25)26-20-14-9-15-21-26/h7-21H,22H2,1-6H3. The molecule has 0 aliphatic carbocycles. The fourth-order valence-corrected chi connectivity index (χ4v) is 4.99. The average molecular weight is 498 g/mol. The molecule has 0 unspecified atom stereocenters. The highest BCUT2D eigenvalue weighted by Crippen LogP contribution is 2.41. The van der Waals surface area contributed by atoms with Crippen LogP contribution in [0.25, 0.3) is 0 Å². The van der Waals surface area contributed by atoms with Gasteiger partial charge in [-0.3, -0.25) is 0 Å². The number of ether oxygens (including phenoxy) is 1. The van der Waals surface area contributed by atoms with E-state index in [-0.39, 0.29) is 11.6 Å². The zero-order chi connectivity index (χ0) is 25.8. The third kappa shape index (κ3) is 5.70. The molecule has 4 aromatic rings. The van der Waals surface area contributed by atoms with Crippen molar-refractivity contribution in [2.75, 3.05) is 0 Å². The monoisotopic (exact) mass is 497 g/mol. The Balaban J connectivity index is 1.72. The molecular weight excluding hydrogens is 462 g/mol. The maximum absolute atomic E-state index is 6.87. The molecule has 0 bridgehead atoms. The normalized spacial score (nSPS) is 12.6. The van der Waals surface area contributed by atoms with Gasteiger partial charge in [-0.2, -0.15) is 0 Å². The van der Waals surface area contributed by atoms with Gasteiger partial charge in [0.1, 0.15) is 17.8 Å². The lowest BCUT2D eigenvalue weighted by molar-refractivity contribution is -0.0125. The quantitative estimate of drug-likeness (QED) is 0.177. The van der Waals surface area contributed by atoms with Crippen LogP contribution in [-0.2, 0) is 27.0 Å². The summed E-state index contributed by atoms with van der Waals surface area (Å²) in [5, 5.41) is 0.0811. The highest BCUT2D eigenvalue weighted by atomic mass is 28.2. The minimum Gasteiger partial charge on any atom is -0.440 e. The first kappa shape index (κ1) is 26.1. The van der Waals surface area contributed by atoms with Gasteiger partial charge in [-0.15, -0.1) is 0 Å². The second-order valence-corrected chi connectivity index (χ2v) is 12.5. The van der Waals surface area contributed by atoms with Crippen molar-refractivity contribution in [3.8, 4) is 0 Å². The van der Waals surface area contributed by atoms with E-state index >= 15 is 0 Å². The lowest BCUT2D eigenvalue weighted by atomic mass is 9.80. The maximum atomic E-state index is 6.87. The summed E-state index contributed by atoms with van der Waals surface area (Å²) in [4.78, 5) is 4.74. The Kier molecular flexibility index (Phi) is 7.64. The van der Waals surface area contributed by atoms with Crippen LogP contribution in [0.4, 0.5) is 0 Å². The Morgan fingerprint density at radius 1 is 0.722 bits per heavy atom. The molecule has 3 aromatic carbocycles. The number of benzene rings is 3. The second-order valence-electron chi connectivity index (χ2n) is 10.6. The van der Waals surface area contributed by atoms with Crippen LogP contribution >= 0.6 is 0 Å². The van der Waals surface area contributed by atoms with E-state index in [2.05, 4.69) is 57.2 Å². The summed E-state index contributed by atoms with van der Waals surface area (Å²) in [6.07, 6.45) is 0. The van der Waals surface area contributed by atoms with Crippen molar-refractivity contribution >= 4 is 9.76 Å². The predicted octanol–water partition coefficient (Wildman–Crippen LogP) is 7.58. The molecule has 5 heteroatoms. The average Bonchev–Trinajstić information content (AvgIpc) is 3.26. The van der Waals surface area contributed by atoms with Crippen molar-refractivity contribution in [1.82, 2.24) is 4.98 Å². The van der Waals surface area contributed by atoms with E-state index in [1.807, 2.05) is 75.4 Å². The molecule has 0 atom stereocenters. The molecule has 0 aliphatic heterocycles. The summed E-state index contributed by atoms with van der Waals surface area (Å²) in [7, 11) is 0.340. The number of rotatable bonds is 9. The number of oxazole rings is 1. The predicted molar refractivity (Wildman–Crippen MR) is 145 cm³/mol. The highest BCUT2D eigenvalue weighted by Gasteiger charge is 2.38. The van der Waals surface area contributed by atoms with Gasteiger partial charge >= 0.3 is 0 Å². The van der Waals surface area contributed by atoms with Crippen LogP contribution in [0.15, 0.2) is 95.4 Å². The van der Waals surface area contributed by atoms with E-state index in [4.69, 9.17) is 18.6 Å². The Morgan fingerprint density at radius 3 is 1.58 bits per heavy atom. The molecule has 1 aromatic heterocycles. The van der Waals surface area contributed by atoms with E-state index in [0.29, 0.717) is 15.7 Å². The van der Waals surface area contributed by atoms with Crippen LogP contribution in [0.3, 0.4) is 0 Å². The smallest absolute Gasteiger partial charge is 0.237 e. The summed E-state index contributed by atoms with van der Waals surface area (Å²) in [6, 6.07) is 31.0. The van der Waals surface area contributed by atoms with Gasteiger partial charge in [-0.05, 0) is 42.5 Å².